The van der Waals surface area contributed by atoms with Crippen LogP contribution in [0.2, 0.25) is 0 Å². The second-order valence-electron chi connectivity index (χ2n) is 9.19. The predicted octanol–water partition coefficient (Wildman–Crippen LogP) is 4.03. The Hall–Kier alpha value is -2.47. The number of rotatable bonds is 7. The van der Waals surface area contributed by atoms with Crippen LogP contribution in [-0.4, -0.2) is 54.1 Å². The van der Waals surface area contributed by atoms with Crippen LogP contribution in [0, 0.1) is 5.92 Å². The number of amides is 1. The number of benzene rings is 1. The minimum atomic E-state index is 0.00840. The molecule has 32 heavy (non-hydrogen) atoms. The minimum absolute atomic E-state index is 0.00840. The smallest absolute Gasteiger partial charge is 0.223 e. The van der Waals surface area contributed by atoms with Gasteiger partial charge in [0.2, 0.25) is 11.8 Å². The summed E-state index contributed by atoms with van der Waals surface area (Å²) < 4.78 is 5.62. The molecule has 1 heterocycles. The number of methoxy groups -OCH3 is 1. The lowest BCUT2D eigenvalue weighted by Gasteiger charge is -2.31. The summed E-state index contributed by atoms with van der Waals surface area (Å²) in [6.45, 7) is 1.64. The maximum absolute atomic E-state index is 12.9. The molecule has 6 nitrogen and oxygen atoms in total. The van der Waals surface area contributed by atoms with E-state index in [0.29, 0.717) is 17.7 Å². The maximum Gasteiger partial charge on any atom is 0.223 e. The molecule has 2 aromatic rings. The second kappa shape index (κ2) is 10.9. The van der Waals surface area contributed by atoms with E-state index in [0.717, 1.165) is 55.6 Å². The van der Waals surface area contributed by atoms with Crippen LogP contribution in [0.1, 0.15) is 56.2 Å². The zero-order valence-electron chi connectivity index (χ0n) is 19.5. The van der Waals surface area contributed by atoms with Gasteiger partial charge < -0.3 is 15.0 Å². The number of nitrogens with one attached hydrogen (secondary N) is 1. The molecule has 172 valence electrons. The Morgan fingerprint density at radius 2 is 1.81 bits per heavy atom. The number of likely N-dealkylation sites (N-methyl/N-ethyl adjacent to an activating group) is 1. The number of nitrogens with zero attached hydrogens (tertiary/aromatic N) is 3. The molecule has 1 N–H and O–H groups in total. The van der Waals surface area contributed by atoms with Gasteiger partial charge in [0.05, 0.1) is 12.8 Å². The van der Waals surface area contributed by atoms with Crippen LogP contribution in [0.4, 0.5) is 0 Å². The van der Waals surface area contributed by atoms with E-state index < -0.39 is 0 Å². The molecule has 0 radical (unpaired) electrons. The van der Waals surface area contributed by atoms with Gasteiger partial charge in [-0.15, -0.1) is 0 Å². The SMILES string of the molecule is COc1nc(-c2ccccc2)nc2c1CCC(C(=O)NCCN(C)C1CCCCC1)CC2. The highest BCUT2D eigenvalue weighted by Crippen LogP contribution is 2.31. The number of carbonyl (C=O) groups is 1. The second-order valence-corrected chi connectivity index (χ2v) is 9.19. The molecule has 1 fully saturated rings. The largest absolute Gasteiger partial charge is 0.481 e. The average molecular weight is 437 g/mol. The zero-order valence-corrected chi connectivity index (χ0v) is 19.5. The highest BCUT2D eigenvalue weighted by molar-refractivity contribution is 5.78. The molecule has 0 spiro atoms. The lowest BCUT2D eigenvalue weighted by atomic mass is 9.94. The third kappa shape index (κ3) is 5.47. The number of ether oxygens (including phenoxy) is 1. The Balaban J connectivity index is 1.35. The topological polar surface area (TPSA) is 67.3 Å². The number of aromatic nitrogens is 2. The van der Waals surface area contributed by atoms with Gasteiger partial charge in [-0.2, -0.15) is 4.98 Å². The molecule has 1 aromatic heterocycles. The third-order valence-electron chi connectivity index (χ3n) is 7.09. The van der Waals surface area contributed by atoms with Crippen LogP contribution in [0.25, 0.3) is 11.4 Å². The normalized spacial score (nSPS) is 19.3. The van der Waals surface area contributed by atoms with Crippen LogP contribution in [0.15, 0.2) is 30.3 Å². The lowest BCUT2D eigenvalue weighted by molar-refractivity contribution is -0.125. The van der Waals surface area contributed by atoms with E-state index in [2.05, 4.69) is 22.2 Å². The highest BCUT2D eigenvalue weighted by Gasteiger charge is 2.26. The molecular weight excluding hydrogens is 400 g/mol. The highest BCUT2D eigenvalue weighted by atomic mass is 16.5. The van der Waals surface area contributed by atoms with Crippen molar-refractivity contribution in [1.82, 2.24) is 20.2 Å². The number of carbonyl (C=O) groups excluding carboxylic acids is 1. The van der Waals surface area contributed by atoms with Gasteiger partial charge in [-0.1, -0.05) is 49.6 Å². The zero-order chi connectivity index (χ0) is 22.3. The Morgan fingerprint density at radius 1 is 1.06 bits per heavy atom. The Morgan fingerprint density at radius 3 is 2.56 bits per heavy atom. The average Bonchev–Trinajstić information content (AvgIpc) is 3.07. The van der Waals surface area contributed by atoms with E-state index in [9.17, 15) is 4.79 Å². The van der Waals surface area contributed by atoms with Crippen LogP contribution in [0.3, 0.4) is 0 Å². The summed E-state index contributed by atoms with van der Waals surface area (Å²) in [5, 5.41) is 3.19. The Labute approximate surface area is 191 Å². The van der Waals surface area contributed by atoms with Crippen molar-refractivity contribution in [2.24, 2.45) is 5.92 Å². The minimum Gasteiger partial charge on any atom is -0.481 e. The standard InChI is InChI=1S/C26H36N4O2/c1-30(21-11-7-4-8-12-21)18-17-27-25(31)20-13-15-22-23(16-14-20)28-24(29-26(22)32-2)19-9-5-3-6-10-19/h3,5-6,9-10,20-21H,4,7-8,11-18H2,1-2H3,(H,27,31). The lowest BCUT2D eigenvalue weighted by Crippen LogP contribution is -2.41. The molecule has 0 saturated heterocycles. The molecule has 1 atom stereocenters. The van der Waals surface area contributed by atoms with Crippen molar-refractivity contribution >= 4 is 5.91 Å². The van der Waals surface area contributed by atoms with Gasteiger partial charge in [0.1, 0.15) is 0 Å². The molecule has 1 aromatic carbocycles. The molecule has 6 heteroatoms. The van der Waals surface area contributed by atoms with E-state index in [-0.39, 0.29) is 11.8 Å². The Kier molecular flexibility index (Phi) is 7.74. The first kappa shape index (κ1) is 22.7. The molecular formula is C26H36N4O2. The summed E-state index contributed by atoms with van der Waals surface area (Å²) >= 11 is 0. The molecule has 4 rings (SSSR count). The maximum atomic E-state index is 12.9. The van der Waals surface area contributed by atoms with E-state index in [1.807, 2.05) is 30.3 Å². The van der Waals surface area contributed by atoms with Crippen molar-refractivity contribution < 1.29 is 9.53 Å². The first-order chi connectivity index (χ1) is 15.7. The molecule has 0 bridgehead atoms. The fourth-order valence-electron chi connectivity index (χ4n) is 5.09. The summed E-state index contributed by atoms with van der Waals surface area (Å²) in [7, 11) is 3.86. The van der Waals surface area contributed by atoms with Crippen LogP contribution in [0.5, 0.6) is 5.88 Å². The van der Waals surface area contributed by atoms with Gasteiger partial charge in [-0.25, -0.2) is 4.98 Å². The van der Waals surface area contributed by atoms with Gasteiger partial charge >= 0.3 is 0 Å². The quantitative estimate of drug-likeness (QED) is 0.664. The summed E-state index contributed by atoms with van der Waals surface area (Å²) in [5.41, 5.74) is 3.05. The fourth-order valence-corrected chi connectivity index (χ4v) is 5.09. The first-order valence-corrected chi connectivity index (χ1v) is 12.1. The summed E-state index contributed by atoms with van der Waals surface area (Å²) in [4.78, 5) is 24.8. The Bertz CT molecular complexity index is 896. The van der Waals surface area contributed by atoms with E-state index in [4.69, 9.17) is 9.72 Å². The van der Waals surface area contributed by atoms with E-state index in [1.54, 1.807) is 7.11 Å². The van der Waals surface area contributed by atoms with Crippen molar-refractivity contribution in [3.63, 3.8) is 0 Å². The van der Waals surface area contributed by atoms with Crippen LogP contribution < -0.4 is 10.1 Å². The molecule has 0 aliphatic heterocycles. The molecule has 2 aliphatic rings. The summed E-state index contributed by atoms with van der Waals surface area (Å²) in [6, 6.07) is 10.7. The van der Waals surface area contributed by atoms with Crippen molar-refractivity contribution in [3.05, 3.63) is 41.6 Å². The van der Waals surface area contributed by atoms with Gasteiger partial charge in [-0.05, 0) is 45.6 Å². The van der Waals surface area contributed by atoms with Gasteiger partial charge in [-0.3, -0.25) is 4.79 Å². The van der Waals surface area contributed by atoms with Crippen molar-refractivity contribution in [2.75, 3.05) is 27.2 Å². The van der Waals surface area contributed by atoms with Gasteiger partial charge in [0.15, 0.2) is 5.82 Å². The van der Waals surface area contributed by atoms with Gasteiger partial charge in [0, 0.05) is 36.2 Å². The third-order valence-corrected chi connectivity index (χ3v) is 7.09. The van der Waals surface area contributed by atoms with E-state index >= 15 is 0 Å². The summed E-state index contributed by atoms with van der Waals surface area (Å²) in [5.74, 6) is 1.51. The van der Waals surface area contributed by atoms with Crippen molar-refractivity contribution in [3.8, 4) is 17.3 Å². The fraction of sp³-hybridized carbons (Fsp3) is 0.577. The number of fused-ring (bicyclic) bond motifs is 1. The van der Waals surface area contributed by atoms with E-state index in [1.165, 1.54) is 32.1 Å². The summed E-state index contributed by atoms with van der Waals surface area (Å²) in [6.07, 6.45) is 9.78. The number of aryl methyl sites for hydroxylation is 1. The van der Waals surface area contributed by atoms with Crippen molar-refractivity contribution in [1.29, 1.82) is 0 Å². The van der Waals surface area contributed by atoms with Crippen LogP contribution in [-0.2, 0) is 17.6 Å². The first-order valence-electron chi connectivity index (χ1n) is 12.1. The van der Waals surface area contributed by atoms with Crippen LogP contribution >= 0.6 is 0 Å². The van der Waals surface area contributed by atoms with Gasteiger partial charge in [0.25, 0.3) is 0 Å². The molecule has 1 amide bonds. The molecule has 2 aliphatic carbocycles. The number of hydrogen-bond acceptors (Lipinski definition) is 5. The number of hydrogen-bond donors (Lipinski definition) is 1. The predicted molar refractivity (Wildman–Crippen MR) is 127 cm³/mol. The molecule has 1 saturated carbocycles. The molecule has 1 unspecified atom stereocenters. The monoisotopic (exact) mass is 436 g/mol. The van der Waals surface area contributed by atoms with Crippen molar-refractivity contribution in [2.45, 2.75) is 63.8 Å².